The molecule has 0 N–H and O–H groups in total. The van der Waals surface area contributed by atoms with Gasteiger partial charge < -0.3 is 14.3 Å². The molecule has 2 aromatic rings. The fourth-order valence-electron chi connectivity index (χ4n) is 2.37. The number of hydrogen-bond acceptors (Lipinski definition) is 5. The zero-order valence-electron chi connectivity index (χ0n) is 13.8. The third-order valence-corrected chi connectivity index (χ3v) is 3.66. The van der Waals surface area contributed by atoms with Crippen molar-refractivity contribution in [1.82, 2.24) is 0 Å². The van der Waals surface area contributed by atoms with Crippen molar-refractivity contribution < 1.29 is 23.5 Å². The van der Waals surface area contributed by atoms with Crippen LogP contribution < -0.4 is 9.47 Å². The van der Waals surface area contributed by atoms with Crippen LogP contribution in [-0.4, -0.2) is 18.8 Å². The number of carbonyl (C=O) groups excluding carboxylic acids is 1. The van der Waals surface area contributed by atoms with Gasteiger partial charge in [-0.2, -0.15) is 0 Å². The Bertz CT molecular complexity index is 873. The zero-order chi connectivity index (χ0) is 17.8. The van der Waals surface area contributed by atoms with E-state index >= 15 is 0 Å². The maximum atomic E-state index is 13.2. The maximum absolute atomic E-state index is 13.2. The first-order valence-corrected chi connectivity index (χ1v) is 7.60. The molecule has 0 saturated carbocycles. The Labute approximate surface area is 144 Å². The Morgan fingerprint density at radius 2 is 2.04 bits per heavy atom. The van der Waals surface area contributed by atoms with E-state index in [0.29, 0.717) is 28.3 Å². The van der Waals surface area contributed by atoms with Gasteiger partial charge in [0.1, 0.15) is 12.4 Å². The number of rotatable bonds is 5. The van der Waals surface area contributed by atoms with Gasteiger partial charge in [-0.05, 0) is 48.4 Å². The Balaban J connectivity index is 1.79. The highest BCUT2D eigenvalue weighted by atomic mass is 19.1. The van der Waals surface area contributed by atoms with E-state index in [1.807, 2.05) is 0 Å². The van der Waals surface area contributed by atoms with Gasteiger partial charge in [0.05, 0.1) is 18.4 Å². The smallest absolute Gasteiger partial charge is 0.367 e. The second-order valence-electron chi connectivity index (χ2n) is 5.44. The lowest BCUT2D eigenvalue weighted by molar-refractivity contribution is -0.136. The largest absolute Gasteiger partial charge is 0.493 e. The van der Waals surface area contributed by atoms with Crippen molar-refractivity contribution in [3.8, 4) is 11.5 Å². The molecule has 0 fully saturated rings. The van der Waals surface area contributed by atoms with Gasteiger partial charge in [-0.25, -0.2) is 9.18 Å². The third-order valence-electron chi connectivity index (χ3n) is 3.66. The van der Waals surface area contributed by atoms with Crippen molar-refractivity contribution in [2.45, 2.75) is 13.5 Å². The van der Waals surface area contributed by atoms with Crippen LogP contribution in [0.1, 0.15) is 18.1 Å². The van der Waals surface area contributed by atoms with E-state index in [4.69, 9.17) is 9.47 Å². The average Bonchev–Trinajstić information content (AvgIpc) is 2.92. The monoisotopic (exact) mass is 341 g/mol. The Morgan fingerprint density at radius 3 is 2.72 bits per heavy atom. The van der Waals surface area contributed by atoms with Gasteiger partial charge in [0.2, 0.25) is 0 Å². The van der Waals surface area contributed by atoms with E-state index in [1.54, 1.807) is 43.3 Å². The first kappa shape index (κ1) is 16.7. The number of oxime groups is 1. The lowest BCUT2D eigenvalue weighted by atomic mass is 10.1. The molecular weight excluding hydrogens is 325 g/mol. The SMILES string of the molecule is COc1cc(/C=C2/C(=O)ON=C2C)ccc1OCc1cccc(F)c1. The van der Waals surface area contributed by atoms with Crippen LogP contribution in [0, 0.1) is 5.82 Å². The molecule has 0 amide bonds. The molecule has 5 nitrogen and oxygen atoms in total. The van der Waals surface area contributed by atoms with E-state index in [0.717, 1.165) is 5.56 Å². The average molecular weight is 341 g/mol. The molecular formula is C19H16FNO4. The summed E-state index contributed by atoms with van der Waals surface area (Å²) in [6, 6.07) is 11.5. The zero-order valence-corrected chi connectivity index (χ0v) is 13.8. The van der Waals surface area contributed by atoms with Crippen LogP contribution in [0.4, 0.5) is 4.39 Å². The highest BCUT2D eigenvalue weighted by Crippen LogP contribution is 2.30. The normalized spacial score (nSPS) is 15.1. The first-order valence-electron chi connectivity index (χ1n) is 7.60. The van der Waals surface area contributed by atoms with Crippen molar-refractivity contribution in [1.29, 1.82) is 0 Å². The molecule has 0 unspecified atom stereocenters. The summed E-state index contributed by atoms with van der Waals surface area (Å²) in [5, 5.41) is 3.64. The summed E-state index contributed by atoms with van der Waals surface area (Å²) < 4.78 is 24.3. The number of ether oxygens (including phenoxy) is 2. The highest BCUT2D eigenvalue weighted by molar-refractivity contribution is 6.24. The van der Waals surface area contributed by atoms with E-state index < -0.39 is 5.97 Å². The minimum atomic E-state index is -0.483. The van der Waals surface area contributed by atoms with Gasteiger partial charge in [0.15, 0.2) is 11.5 Å². The lowest BCUT2D eigenvalue weighted by Gasteiger charge is -2.11. The van der Waals surface area contributed by atoms with E-state index in [2.05, 4.69) is 9.99 Å². The number of halogens is 1. The van der Waals surface area contributed by atoms with Crippen molar-refractivity contribution in [2.75, 3.05) is 7.11 Å². The molecule has 1 aliphatic rings. The molecule has 0 bridgehead atoms. The summed E-state index contributed by atoms with van der Waals surface area (Å²) in [6.07, 6.45) is 1.67. The van der Waals surface area contributed by atoms with Crippen molar-refractivity contribution in [3.63, 3.8) is 0 Å². The van der Waals surface area contributed by atoms with Crippen LogP contribution >= 0.6 is 0 Å². The van der Waals surface area contributed by atoms with Crippen molar-refractivity contribution in [3.05, 3.63) is 65.0 Å². The van der Waals surface area contributed by atoms with Crippen LogP contribution in [0.5, 0.6) is 11.5 Å². The molecule has 3 rings (SSSR count). The molecule has 0 radical (unpaired) electrons. The summed E-state index contributed by atoms with van der Waals surface area (Å²) in [6.45, 7) is 1.91. The Morgan fingerprint density at radius 1 is 1.20 bits per heavy atom. The number of benzene rings is 2. The van der Waals surface area contributed by atoms with Crippen LogP contribution in [-0.2, 0) is 16.2 Å². The Kier molecular flexibility index (Phi) is 4.79. The van der Waals surface area contributed by atoms with Gasteiger partial charge >= 0.3 is 5.97 Å². The van der Waals surface area contributed by atoms with Crippen LogP contribution in [0.15, 0.2) is 53.2 Å². The molecule has 0 spiro atoms. The van der Waals surface area contributed by atoms with Gasteiger partial charge in [-0.15, -0.1) is 0 Å². The number of hydrogen-bond donors (Lipinski definition) is 0. The molecule has 0 saturated heterocycles. The summed E-state index contributed by atoms with van der Waals surface area (Å²) in [5.74, 6) is 0.235. The summed E-state index contributed by atoms with van der Waals surface area (Å²) in [5.41, 5.74) is 2.39. The molecule has 6 heteroatoms. The molecule has 0 aliphatic carbocycles. The molecule has 0 aromatic heterocycles. The van der Waals surface area contributed by atoms with Gasteiger partial charge in [0, 0.05) is 0 Å². The van der Waals surface area contributed by atoms with E-state index in [-0.39, 0.29) is 12.4 Å². The second-order valence-corrected chi connectivity index (χ2v) is 5.44. The summed E-state index contributed by atoms with van der Waals surface area (Å²) >= 11 is 0. The van der Waals surface area contributed by atoms with Gasteiger partial charge in [0.25, 0.3) is 0 Å². The number of nitrogens with zero attached hydrogens (tertiary/aromatic N) is 1. The minimum Gasteiger partial charge on any atom is -0.493 e. The molecule has 1 aliphatic heterocycles. The highest BCUT2D eigenvalue weighted by Gasteiger charge is 2.21. The molecule has 128 valence electrons. The fourth-order valence-corrected chi connectivity index (χ4v) is 2.37. The molecule has 1 heterocycles. The minimum absolute atomic E-state index is 0.215. The van der Waals surface area contributed by atoms with Gasteiger partial charge in [-0.3, -0.25) is 0 Å². The fraction of sp³-hybridized carbons (Fsp3) is 0.158. The third kappa shape index (κ3) is 3.85. The Hall–Kier alpha value is -3.15. The van der Waals surface area contributed by atoms with Crippen molar-refractivity contribution in [2.24, 2.45) is 5.16 Å². The topological polar surface area (TPSA) is 57.1 Å². The van der Waals surface area contributed by atoms with Crippen molar-refractivity contribution >= 4 is 17.8 Å². The predicted octanol–water partition coefficient (Wildman–Crippen LogP) is 3.73. The predicted molar refractivity (Wildman–Crippen MR) is 90.9 cm³/mol. The molecule has 0 atom stereocenters. The maximum Gasteiger partial charge on any atom is 0.367 e. The van der Waals surface area contributed by atoms with Crippen LogP contribution in [0.3, 0.4) is 0 Å². The number of carbonyl (C=O) groups is 1. The van der Waals surface area contributed by atoms with Crippen LogP contribution in [0.2, 0.25) is 0 Å². The summed E-state index contributed by atoms with van der Waals surface area (Å²) in [7, 11) is 1.53. The van der Waals surface area contributed by atoms with Gasteiger partial charge in [-0.1, -0.05) is 23.4 Å². The standard InChI is InChI=1S/C19H16FNO4/c1-12-16(19(22)25-21-12)9-13-6-7-17(18(10-13)23-2)24-11-14-4-3-5-15(20)8-14/h3-10H,11H2,1-2H3/b16-9+. The van der Waals surface area contributed by atoms with Crippen LogP contribution in [0.25, 0.3) is 6.08 Å². The molecule has 25 heavy (non-hydrogen) atoms. The quantitative estimate of drug-likeness (QED) is 0.614. The molecule has 2 aromatic carbocycles. The second kappa shape index (κ2) is 7.17. The van der Waals surface area contributed by atoms with E-state index in [1.165, 1.54) is 19.2 Å². The first-order chi connectivity index (χ1) is 12.1. The number of methoxy groups -OCH3 is 1. The van der Waals surface area contributed by atoms with E-state index in [9.17, 15) is 9.18 Å². The summed E-state index contributed by atoms with van der Waals surface area (Å²) in [4.78, 5) is 16.2. The lowest BCUT2D eigenvalue weighted by Crippen LogP contribution is -2.02.